The summed E-state index contributed by atoms with van der Waals surface area (Å²) in [6.07, 6.45) is 2.97. The van der Waals surface area contributed by atoms with Gasteiger partial charge in [0.2, 0.25) is 0 Å². The molecule has 1 fully saturated rings. The van der Waals surface area contributed by atoms with Crippen molar-refractivity contribution >= 4 is 21.6 Å². The summed E-state index contributed by atoms with van der Waals surface area (Å²) in [6, 6.07) is 11.1. The Kier molecular flexibility index (Phi) is 4.53. The van der Waals surface area contributed by atoms with Gasteiger partial charge in [-0.15, -0.1) is 0 Å². The first kappa shape index (κ1) is 16.4. The Morgan fingerprint density at radius 1 is 1.04 bits per heavy atom. The van der Waals surface area contributed by atoms with Crippen molar-refractivity contribution in [3.05, 3.63) is 59.9 Å². The monoisotopic (exact) mass is 348 g/mol. The first-order valence-electron chi connectivity index (χ1n) is 7.64. The van der Waals surface area contributed by atoms with Crippen LogP contribution in [0.15, 0.2) is 53.4 Å². The van der Waals surface area contributed by atoms with E-state index in [-0.39, 0.29) is 28.1 Å². The molecule has 1 saturated carbocycles. The lowest BCUT2D eigenvalue weighted by molar-refractivity contribution is 0.0918. The second kappa shape index (κ2) is 6.60. The van der Waals surface area contributed by atoms with Gasteiger partial charge < -0.3 is 5.32 Å². The van der Waals surface area contributed by atoms with E-state index in [1.165, 1.54) is 18.2 Å². The third-order valence-corrected chi connectivity index (χ3v) is 5.36. The third-order valence-electron chi connectivity index (χ3n) is 3.98. The highest BCUT2D eigenvalue weighted by atomic mass is 32.2. The second-order valence-corrected chi connectivity index (χ2v) is 7.39. The van der Waals surface area contributed by atoms with Gasteiger partial charge in [-0.3, -0.25) is 9.52 Å². The average Bonchev–Trinajstić information content (AvgIpc) is 2.51. The number of carbonyl (C=O) groups is 1. The molecule has 5 nitrogen and oxygen atoms in total. The van der Waals surface area contributed by atoms with Crippen molar-refractivity contribution in [3.63, 3.8) is 0 Å². The van der Waals surface area contributed by atoms with E-state index in [9.17, 15) is 17.6 Å². The normalized spacial score (nSPS) is 14.7. The van der Waals surface area contributed by atoms with Crippen LogP contribution in [-0.2, 0) is 10.0 Å². The molecule has 24 heavy (non-hydrogen) atoms. The number of anilines is 1. The van der Waals surface area contributed by atoms with Gasteiger partial charge in [0.05, 0.1) is 16.1 Å². The van der Waals surface area contributed by atoms with Gasteiger partial charge >= 0.3 is 0 Å². The minimum absolute atomic E-state index is 0.0712. The first-order valence-corrected chi connectivity index (χ1v) is 9.12. The van der Waals surface area contributed by atoms with Crippen LogP contribution in [0.2, 0.25) is 0 Å². The fraction of sp³-hybridized carbons (Fsp3) is 0.235. The zero-order chi connectivity index (χ0) is 17.2. The molecular formula is C17H17FN2O3S. The fourth-order valence-electron chi connectivity index (χ4n) is 2.40. The van der Waals surface area contributed by atoms with Gasteiger partial charge in [0.1, 0.15) is 5.82 Å². The van der Waals surface area contributed by atoms with E-state index >= 15 is 0 Å². The molecule has 0 radical (unpaired) electrons. The molecule has 3 rings (SSSR count). The van der Waals surface area contributed by atoms with Crippen LogP contribution in [0.5, 0.6) is 0 Å². The Labute approximate surface area is 139 Å². The van der Waals surface area contributed by atoms with Crippen molar-refractivity contribution in [2.24, 2.45) is 0 Å². The average molecular weight is 348 g/mol. The number of amides is 1. The van der Waals surface area contributed by atoms with E-state index in [1.54, 1.807) is 18.2 Å². The molecule has 0 saturated heterocycles. The molecule has 2 aromatic carbocycles. The number of benzene rings is 2. The number of hydrogen-bond donors (Lipinski definition) is 2. The predicted octanol–water partition coefficient (Wildman–Crippen LogP) is 2.91. The summed E-state index contributed by atoms with van der Waals surface area (Å²) in [5, 5.41) is 2.88. The largest absolute Gasteiger partial charge is 0.349 e. The summed E-state index contributed by atoms with van der Waals surface area (Å²) in [4.78, 5) is 12.3. The fourth-order valence-corrected chi connectivity index (χ4v) is 3.48. The summed E-state index contributed by atoms with van der Waals surface area (Å²) >= 11 is 0. The third kappa shape index (κ3) is 3.56. The van der Waals surface area contributed by atoms with Crippen molar-refractivity contribution in [1.82, 2.24) is 5.32 Å². The zero-order valence-corrected chi connectivity index (χ0v) is 13.6. The van der Waals surface area contributed by atoms with Crippen molar-refractivity contribution in [1.29, 1.82) is 0 Å². The molecule has 0 unspecified atom stereocenters. The highest BCUT2D eigenvalue weighted by Crippen LogP contribution is 2.23. The van der Waals surface area contributed by atoms with Gasteiger partial charge in [0.25, 0.3) is 15.9 Å². The Bertz CT molecular complexity index is 846. The van der Waals surface area contributed by atoms with E-state index in [1.807, 2.05) is 0 Å². The summed E-state index contributed by atoms with van der Waals surface area (Å²) in [6.45, 7) is 0. The van der Waals surface area contributed by atoms with Gasteiger partial charge in [-0.2, -0.15) is 0 Å². The molecule has 0 aliphatic heterocycles. The summed E-state index contributed by atoms with van der Waals surface area (Å²) in [5.74, 6) is -0.827. The molecule has 2 N–H and O–H groups in total. The molecule has 1 aliphatic carbocycles. The van der Waals surface area contributed by atoms with E-state index < -0.39 is 15.8 Å². The molecule has 0 atom stereocenters. The van der Waals surface area contributed by atoms with Gasteiger partial charge in [-0.25, -0.2) is 12.8 Å². The van der Waals surface area contributed by atoms with Crippen LogP contribution in [0.1, 0.15) is 29.6 Å². The van der Waals surface area contributed by atoms with Gasteiger partial charge in [-0.1, -0.05) is 12.1 Å². The topological polar surface area (TPSA) is 75.3 Å². The van der Waals surface area contributed by atoms with Crippen molar-refractivity contribution in [3.8, 4) is 0 Å². The molecule has 0 spiro atoms. The SMILES string of the molecule is O=C(NC1CCC1)c1ccccc1NS(=O)(=O)c1ccc(F)cc1. The van der Waals surface area contributed by atoms with Crippen molar-refractivity contribution < 1.29 is 17.6 Å². The summed E-state index contributed by atoms with van der Waals surface area (Å²) < 4.78 is 40.2. The van der Waals surface area contributed by atoms with Crippen LogP contribution in [-0.4, -0.2) is 20.4 Å². The lowest BCUT2D eigenvalue weighted by Gasteiger charge is -2.26. The Morgan fingerprint density at radius 2 is 1.71 bits per heavy atom. The standard InChI is InChI=1S/C17H17FN2O3S/c18-12-8-10-14(11-9-12)24(22,23)20-16-7-2-1-6-15(16)17(21)19-13-4-3-5-13/h1-2,6-11,13,20H,3-5H2,(H,19,21). The van der Waals surface area contributed by atoms with Crippen molar-refractivity contribution in [2.45, 2.75) is 30.2 Å². The highest BCUT2D eigenvalue weighted by Gasteiger charge is 2.23. The van der Waals surface area contributed by atoms with Gasteiger partial charge in [0.15, 0.2) is 0 Å². The van der Waals surface area contributed by atoms with Crippen LogP contribution < -0.4 is 10.0 Å². The second-order valence-electron chi connectivity index (χ2n) is 5.71. The molecule has 0 bridgehead atoms. The smallest absolute Gasteiger partial charge is 0.261 e. The number of rotatable bonds is 5. The molecule has 126 valence electrons. The van der Waals surface area contributed by atoms with E-state index in [0.29, 0.717) is 0 Å². The number of halogens is 1. The maximum Gasteiger partial charge on any atom is 0.261 e. The maximum atomic E-state index is 13.0. The highest BCUT2D eigenvalue weighted by molar-refractivity contribution is 7.92. The Hall–Kier alpha value is -2.41. The molecule has 7 heteroatoms. The minimum atomic E-state index is -3.90. The van der Waals surface area contributed by atoms with Gasteiger partial charge in [0, 0.05) is 6.04 Å². The zero-order valence-electron chi connectivity index (χ0n) is 12.8. The number of nitrogens with one attached hydrogen (secondary N) is 2. The molecule has 1 amide bonds. The quantitative estimate of drug-likeness (QED) is 0.872. The Balaban J connectivity index is 1.84. The molecular weight excluding hydrogens is 331 g/mol. The summed E-state index contributed by atoms with van der Waals surface area (Å²) in [7, 11) is -3.90. The van der Waals surface area contributed by atoms with Crippen LogP contribution in [0.4, 0.5) is 10.1 Å². The van der Waals surface area contributed by atoms with Crippen molar-refractivity contribution in [2.75, 3.05) is 4.72 Å². The lowest BCUT2D eigenvalue weighted by atomic mass is 9.93. The van der Waals surface area contributed by atoms with Gasteiger partial charge in [-0.05, 0) is 55.7 Å². The maximum absolute atomic E-state index is 13.0. The van der Waals surface area contributed by atoms with Crippen LogP contribution in [0, 0.1) is 5.82 Å². The Morgan fingerprint density at radius 3 is 2.33 bits per heavy atom. The van der Waals surface area contributed by atoms with Crippen LogP contribution in [0.25, 0.3) is 0 Å². The molecule has 0 heterocycles. The number of hydrogen-bond acceptors (Lipinski definition) is 3. The molecule has 1 aliphatic rings. The summed E-state index contributed by atoms with van der Waals surface area (Å²) in [5.41, 5.74) is 0.453. The first-order chi connectivity index (χ1) is 11.5. The van der Waals surface area contributed by atoms with E-state index in [4.69, 9.17) is 0 Å². The number of carbonyl (C=O) groups excluding carboxylic acids is 1. The van der Waals surface area contributed by atoms with E-state index in [0.717, 1.165) is 31.4 Å². The minimum Gasteiger partial charge on any atom is -0.349 e. The molecule has 0 aromatic heterocycles. The number of sulfonamides is 1. The van der Waals surface area contributed by atoms with E-state index in [2.05, 4.69) is 10.0 Å². The van der Waals surface area contributed by atoms with Crippen LogP contribution >= 0.6 is 0 Å². The van der Waals surface area contributed by atoms with Crippen LogP contribution in [0.3, 0.4) is 0 Å². The number of para-hydroxylation sites is 1. The lowest BCUT2D eigenvalue weighted by Crippen LogP contribution is -2.39. The molecule has 2 aromatic rings. The predicted molar refractivity (Wildman–Crippen MR) is 88.8 cm³/mol.